The zero-order valence-corrected chi connectivity index (χ0v) is 14.9. The maximum absolute atomic E-state index is 12.0. The van der Waals surface area contributed by atoms with E-state index in [1.54, 1.807) is 24.3 Å². The lowest BCUT2D eigenvalue weighted by molar-refractivity contribution is 0.799. The fraction of sp³-hybridized carbons (Fsp3) is 0.294. The third kappa shape index (κ3) is 3.91. The molecule has 124 valence electrons. The van der Waals surface area contributed by atoms with Crippen molar-refractivity contribution in [3.63, 3.8) is 0 Å². The zero-order chi connectivity index (χ0) is 17.3. The van der Waals surface area contributed by atoms with Gasteiger partial charge >= 0.3 is 0 Å². The molecule has 0 aromatic carbocycles. The molecule has 24 heavy (non-hydrogen) atoms. The molecule has 0 fully saturated rings. The summed E-state index contributed by atoms with van der Waals surface area (Å²) in [6.45, 7) is 6.42. The molecule has 0 radical (unpaired) electrons. The van der Waals surface area contributed by atoms with Crippen LogP contribution in [0, 0.1) is 0 Å². The van der Waals surface area contributed by atoms with Crippen LogP contribution in [0.15, 0.2) is 46.7 Å². The standard InChI is InChI=1S/C17H19N5OS/c1-17(2,3)24-15-6-5-11(8-18-15)16-20-12(7-14(23)21-16)13-9-22(4)10-19-13/h5-10H,1-4H3,(H,20,21,23). The number of imidazole rings is 1. The molecule has 0 unspecified atom stereocenters. The average molecular weight is 341 g/mol. The summed E-state index contributed by atoms with van der Waals surface area (Å²) in [5, 5.41) is 0.939. The Morgan fingerprint density at radius 2 is 1.96 bits per heavy atom. The summed E-state index contributed by atoms with van der Waals surface area (Å²) in [5.74, 6) is 0.489. The Hall–Kier alpha value is -2.41. The SMILES string of the molecule is Cn1cnc(-c2cc(=O)[nH]c(-c3ccc(SC(C)(C)C)nc3)n2)c1. The van der Waals surface area contributed by atoms with E-state index in [-0.39, 0.29) is 10.3 Å². The van der Waals surface area contributed by atoms with E-state index >= 15 is 0 Å². The van der Waals surface area contributed by atoms with Crippen LogP contribution in [0.4, 0.5) is 0 Å². The van der Waals surface area contributed by atoms with E-state index in [9.17, 15) is 4.79 Å². The molecule has 0 amide bonds. The molecule has 0 aliphatic carbocycles. The van der Waals surface area contributed by atoms with Crippen LogP contribution >= 0.6 is 11.8 Å². The van der Waals surface area contributed by atoms with Crippen molar-refractivity contribution in [3.8, 4) is 22.8 Å². The summed E-state index contributed by atoms with van der Waals surface area (Å²) < 4.78 is 1.91. The van der Waals surface area contributed by atoms with Crippen molar-refractivity contribution in [3.05, 3.63) is 47.3 Å². The van der Waals surface area contributed by atoms with E-state index in [1.807, 2.05) is 29.9 Å². The van der Waals surface area contributed by atoms with Crippen LogP contribution in [-0.2, 0) is 7.05 Å². The molecule has 0 bridgehead atoms. The quantitative estimate of drug-likeness (QED) is 0.741. The van der Waals surface area contributed by atoms with Gasteiger partial charge in [0, 0.05) is 35.8 Å². The highest BCUT2D eigenvalue weighted by Crippen LogP contribution is 2.30. The number of hydrogen-bond acceptors (Lipinski definition) is 5. The molecule has 0 saturated heterocycles. The van der Waals surface area contributed by atoms with E-state index in [0.717, 1.165) is 10.6 Å². The van der Waals surface area contributed by atoms with Crippen LogP contribution in [0.3, 0.4) is 0 Å². The predicted molar refractivity (Wildman–Crippen MR) is 95.9 cm³/mol. The molecule has 6 nitrogen and oxygen atoms in total. The van der Waals surface area contributed by atoms with Crippen molar-refractivity contribution < 1.29 is 0 Å². The van der Waals surface area contributed by atoms with E-state index in [1.165, 1.54) is 6.07 Å². The van der Waals surface area contributed by atoms with Crippen LogP contribution < -0.4 is 5.56 Å². The Bertz CT molecular complexity index is 906. The number of H-pyrrole nitrogens is 1. The Labute approximate surface area is 144 Å². The second kappa shape index (κ2) is 6.24. The topological polar surface area (TPSA) is 76.5 Å². The van der Waals surface area contributed by atoms with Gasteiger partial charge in [-0.15, -0.1) is 11.8 Å². The Balaban J connectivity index is 1.95. The molecule has 0 aliphatic heterocycles. The fourth-order valence-electron chi connectivity index (χ4n) is 2.17. The highest BCUT2D eigenvalue weighted by Gasteiger charge is 2.14. The molecule has 3 aromatic rings. The van der Waals surface area contributed by atoms with Crippen molar-refractivity contribution in [2.24, 2.45) is 7.05 Å². The van der Waals surface area contributed by atoms with Crippen molar-refractivity contribution in [2.75, 3.05) is 0 Å². The van der Waals surface area contributed by atoms with Crippen LogP contribution in [0.1, 0.15) is 20.8 Å². The molecule has 3 rings (SSSR count). The second-order valence-electron chi connectivity index (χ2n) is 6.50. The highest BCUT2D eigenvalue weighted by molar-refractivity contribution is 8.00. The molecular formula is C17H19N5OS. The zero-order valence-electron chi connectivity index (χ0n) is 14.1. The van der Waals surface area contributed by atoms with Gasteiger partial charge < -0.3 is 9.55 Å². The number of aromatic nitrogens is 5. The van der Waals surface area contributed by atoms with Crippen LogP contribution in [-0.4, -0.2) is 29.3 Å². The molecule has 3 heterocycles. The lowest BCUT2D eigenvalue weighted by Gasteiger charge is -2.16. The molecule has 0 atom stereocenters. The van der Waals surface area contributed by atoms with Crippen LogP contribution in [0.2, 0.25) is 0 Å². The third-order valence-corrected chi connectivity index (χ3v) is 4.19. The number of nitrogens with one attached hydrogen (secondary N) is 1. The maximum atomic E-state index is 12.0. The summed E-state index contributed by atoms with van der Waals surface area (Å²) in [4.78, 5) is 27.9. The lowest BCUT2D eigenvalue weighted by atomic mass is 10.2. The summed E-state index contributed by atoms with van der Waals surface area (Å²) in [7, 11) is 1.88. The molecular weight excluding hydrogens is 322 g/mol. The minimum atomic E-state index is -0.214. The smallest absolute Gasteiger partial charge is 0.251 e. The number of pyridine rings is 1. The number of aryl methyl sites for hydroxylation is 1. The molecule has 0 aliphatic rings. The minimum absolute atomic E-state index is 0.0972. The summed E-state index contributed by atoms with van der Waals surface area (Å²) in [6.07, 6.45) is 5.24. The fourth-order valence-corrected chi connectivity index (χ4v) is 3.03. The van der Waals surface area contributed by atoms with E-state index in [0.29, 0.717) is 17.2 Å². The Morgan fingerprint density at radius 1 is 1.17 bits per heavy atom. The second-order valence-corrected chi connectivity index (χ2v) is 8.35. The van der Waals surface area contributed by atoms with E-state index in [2.05, 4.69) is 40.7 Å². The summed E-state index contributed by atoms with van der Waals surface area (Å²) >= 11 is 1.69. The average Bonchev–Trinajstić information content (AvgIpc) is 2.92. The van der Waals surface area contributed by atoms with Gasteiger partial charge in [0.2, 0.25) is 0 Å². The Kier molecular flexibility index (Phi) is 4.28. The first kappa shape index (κ1) is 16.4. The molecule has 3 aromatic heterocycles. The van der Waals surface area contributed by atoms with Crippen molar-refractivity contribution in [2.45, 2.75) is 30.5 Å². The van der Waals surface area contributed by atoms with Gasteiger partial charge in [0.15, 0.2) is 0 Å². The van der Waals surface area contributed by atoms with Gasteiger partial charge in [0.25, 0.3) is 5.56 Å². The van der Waals surface area contributed by atoms with Crippen molar-refractivity contribution in [1.82, 2.24) is 24.5 Å². The van der Waals surface area contributed by atoms with E-state index < -0.39 is 0 Å². The molecule has 0 spiro atoms. The van der Waals surface area contributed by atoms with Crippen LogP contribution in [0.5, 0.6) is 0 Å². The normalized spacial score (nSPS) is 11.7. The largest absolute Gasteiger partial charge is 0.340 e. The van der Waals surface area contributed by atoms with Crippen molar-refractivity contribution >= 4 is 11.8 Å². The summed E-state index contributed by atoms with van der Waals surface area (Å²) in [6, 6.07) is 5.31. The first-order chi connectivity index (χ1) is 11.3. The molecule has 7 heteroatoms. The Morgan fingerprint density at radius 3 is 2.54 bits per heavy atom. The summed E-state index contributed by atoms with van der Waals surface area (Å²) in [5.41, 5.74) is 1.76. The number of aromatic amines is 1. The maximum Gasteiger partial charge on any atom is 0.251 e. The third-order valence-electron chi connectivity index (χ3n) is 3.13. The predicted octanol–water partition coefficient (Wildman–Crippen LogP) is 3.12. The monoisotopic (exact) mass is 341 g/mol. The van der Waals surface area contributed by atoms with Gasteiger partial charge in [0.05, 0.1) is 17.0 Å². The number of nitrogens with zero attached hydrogens (tertiary/aromatic N) is 4. The first-order valence-corrected chi connectivity index (χ1v) is 8.37. The number of hydrogen-bond donors (Lipinski definition) is 1. The minimum Gasteiger partial charge on any atom is -0.340 e. The molecule has 1 N–H and O–H groups in total. The van der Waals surface area contributed by atoms with Crippen molar-refractivity contribution in [1.29, 1.82) is 0 Å². The van der Waals surface area contributed by atoms with Gasteiger partial charge in [-0.25, -0.2) is 15.0 Å². The number of rotatable bonds is 3. The van der Waals surface area contributed by atoms with Gasteiger partial charge in [-0.1, -0.05) is 20.8 Å². The highest BCUT2D eigenvalue weighted by atomic mass is 32.2. The van der Waals surface area contributed by atoms with Gasteiger partial charge in [-0.2, -0.15) is 0 Å². The molecule has 0 saturated carbocycles. The van der Waals surface area contributed by atoms with Gasteiger partial charge in [0.1, 0.15) is 11.5 Å². The van der Waals surface area contributed by atoms with Crippen LogP contribution in [0.25, 0.3) is 22.8 Å². The first-order valence-electron chi connectivity index (χ1n) is 7.55. The van der Waals surface area contributed by atoms with Gasteiger partial charge in [-0.3, -0.25) is 4.79 Å². The van der Waals surface area contributed by atoms with E-state index in [4.69, 9.17) is 0 Å². The number of thioether (sulfide) groups is 1. The van der Waals surface area contributed by atoms with Gasteiger partial charge in [-0.05, 0) is 12.1 Å². The lowest BCUT2D eigenvalue weighted by Crippen LogP contribution is -2.09.